The molecule has 0 bridgehead atoms. The van der Waals surface area contributed by atoms with Gasteiger partial charge in [-0.25, -0.2) is 0 Å². The number of nitrogens with zero attached hydrogens (tertiary/aromatic N) is 2. The molecule has 0 radical (unpaired) electrons. The number of nitrogen functional groups attached to an aromatic ring is 1. The van der Waals surface area contributed by atoms with Crippen molar-refractivity contribution in [3.05, 3.63) is 16.6 Å². The zero-order valence-corrected chi connectivity index (χ0v) is 14.0. The predicted molar refractivity (Wildman–Crippen MR) is 86.0 cm³/mol. The topological polar surface area (TPSA) is 94.0 Å². The van der Waals surface area contributed by atoms with Gasteiger partial charge in [0.15, 0.2) is 11.6 Å². The van der Waals surface area contributed by atoms with Gasteiger partial charge < -0.3 is 15.6 Å². The normalized spacial score (nSPS) is 11.1. The number of nitrogens with one attached hydrogen (secondary N) is 1. The van der Waals surface area contributed by atoms with E-state index in [4.69, 9.17) is 10.3 Å². The second-order valence-electron chi connectivity index (χ2n) is 4.81. The Morgan fingerprint density at radius 1 is 1.52 bits per heavy atom. The van der Waals surface area contributed by atoms with Crippen LogP contribution in [0.25, 0.3) is 0 Å². The average molecular weight is 326 g/mol. The Labute approximate surface area is 131 Å². The van der Waals surface area contributed by atoms with Crippen molar-refractivity contribution in [3.63, 3.8) is 0 Å². The van der Waals surface area contributed by atoms with E-state index in [1.165, 1.54) is 23.1 Å². The Bertz CT molecular complexity index is 649. The summed E-state index contributed by atoms with van der Waals surface area (Å²) in [6, 6.07) is 0. The van der Waals surface area contributed by atoms with Gasteiger partial charge in [0, 0.05) is 12.8 Å². The SMILES string of the molecule is CSc1c(NCc2noc(C)n2)sc(C(=O)C(C)C)c1N. The number of thiophene rings is 1. The quantitative estimate of drug-likeness (QED) is 0.622. The number of rotatable bonds is 6. The summed E-state index contributed by atoms with van der Waals surface area (Å²) in [5.41, 5.74) is 6.66. The van der Waals surface area contributed by atoms with E-state index in [0.29, 0.717) is 28.8 Å². The molecule has 0 unspecified atom stereocenters. The zero-order valence-electron chi connectivity index (χ0n) is 12.4. The first kappa shape index (κ1) is 15.8. The molecule has 0 aliphatic carbocycles. The summed E-state index contributed by atoms with van der Waals surface area (Å²) >= 11 is 2.90. The third kappa shape index (κ3) is 3.38. The summed E-state index contributed by atoms with van der Waals surface area (Å²) in [7, 11) is 0. The standard InChI is InChI=1S/C13H18N4O2S2/c1-6(2)10(18)11-9(14)12(20-4)13(21-11)15-5-8-16-7(3)19-17-8/h6,15H,5,14H2,1-4H3. The predicted octanol–water partition coefficient (Wildman–Crippen LogP) is 3.19. The van der Waals surface area contributed by atoms with Gasteiger partial charge in [0.05, 0.1) is 22.0 Å². The molecule has 0 aromatic carbocycles. The maximum absolute atomic E-state index is 12.2. The molecule has 114 valence electrons. The van der Waals surface area contributed by atoms with Crippen LogP contribution in [-0.2, 0) is 6.54 Å². The van der Waals surface area contributed by atoms with Crippen LogP contribution in [0.15, 0.2) is 9.42 Å². The van der Waals surface area contributed by atoms with Crippen LogP contribution in [0.1, 0.15) is 35.2 Å². The van der Waals surface area contributed by atoms with Crippen molar-refractivity contribution in [3.8, 4) is 0 Å². The van der Waals surface area contributed by atoms with Gasteiger partial charge >= 0.3 is 0 Å². The van der Waals surface area contributed by atoms with E-state index in [9.17, 15) is 4.79 Å². The van der Waals surface area contributed by atoms with Crippen LogP contribution in [0.3, 0.4) is 0 Å². The van der Waals surface area contributed by atoms with E-state index < -0.39 is 0 Å². The number of Topliss-reactive ketones (excluding diaryl/α,β-unsaturated/α-hetero) is 1. The molecule has 8 heteroatoms. The van der Waals surface area contributed by atoms with Crippen molar-refractivity contribution in [2.45, 2.75) is 32.2 Å². The zero-order chi connectivity index (χ0) is 15.6. The van der Waals surface area contributed by atoms with Crippen molar-refractivity contribution < 1.29 is 9.32 Å². The first-order chi connectivity index (χ1) is 9.93. The molecular weight excluding hydrogens is 308 g/mol. The summed E-state index contributed by atoms with van der Waals surface area (Å²) < 4.78 is 4.93. The number of carbonyl (C=O) groups is 1. The van der Waals surface area contributed by atoms with Crippen LogP contribution in [0.5, 0.6) is 0 Å². The van der Waals surface area contributed by atoms with Gasteiger partial charge in [-0.05, 0) is 6.26 Å². The molecule has 0 aliphatic heterocycles. The number of hydrogen-bond donors (Lipinski definition) is 2. The highest BCUT2D eigenvalue weighted by Gasteiger charge is 2.22. The van der Waals surface area contributed by atoms with E-state index in [-0.39, 0.29) is 11.7 Å². The Morgan fingerprint density at radius 2 is 2.24 bits per heavy atom. The maximum atomic E-state index is 12.2. The van der Waals surface area contributed by atoms with Crippen LogP contribution in [0.4, 0.5) is 10.7 Å². The smallest absolute Gasteiger partial charge is 0.223 e. The minimum atomic E-state index is -0.0756. The molecule has 6 nitrogen and oxygen atoms in total. The molecule has 0 saturated heterocycles. The summed E-state index contributed by atoms with van der Waals surface area (Å²) in [4.78, 5) is 17.8. The van der Waals surface area contributed by atoms with Crippen molar-refractivity contribution in [2.75, 3.05) is 17.3 Å². The minimum Gasteiger partial charge on any atom is -0.396 e. The highest BCUT2D eigenvalue weighted by molar-refractivity contribution is 7.99. The molecule has 0 amide bonds. The van der Waals surface area contributed by atoms with E-state index in [1.54, 1.807) is 6.92 Å². The van der Waals surface area contributed by atoms with Crippen molar-refractivity contribution in [1.29, 1.82) is 0 Å². The number of aryl methyl sites for hydroxylation is 1. The summed E-state index contributed by atoms with van der Waals surface area (Å²) in [6.45, 7) is 5.91. The Hall–Kier alpha value is -1.54. The lowest BCUT2D eigenvalue weighted by Gasteiger charge is -2.03. The van der Waals surface area contributed by atoms with Gasteiger partial charge in [0.25, 0.3) is 0 Å². The molecule has 2 rings (SSSR count). The van der Waals surface area contributed by atoms with Gasteiger partial charge in [-0.1, -0.05) is 19.0 Å². The summed E-state index contributed by atoms with van der Waals surface area (Å²) in [5, 5.41) is 7.93. The number of ketones is 1. The van der Waals surface area contributed by atoms with E-state index >= 15 is 0 Å². The number of anilines is 2. The highest BCUT2D eigenvalue weighted by atomic mass is 32.2. The number of hydrogen-bond acceptors (Lipinski definition) is 8. The summed E-state index contributed by atoms with van der Waals surface area (Å²) in [5.74, 6) is 1.09. The first-order valence-electron chi connectivity index (χ1n) is 6.47. The fourth-order valence-corrected chi connectivity index (χ4v) is 3.88. The van der Waals surface area contributed by atoms with Gasteiger partial charge in [-0.15, -0.1) is 23.1 Å². The first-order valence-corrected chi connectivity index (χ1v) is 8.51. The van der Waals surface area contributed by atoms with Crippen molar-refractivity contribution in [1.82, 2.24) is 10.1 Å². The fraction of sp³-hybridized carbons (Fsp3) is 0.462. The second-order valence-corrected chi connectivity index (χ2v) is 6.65. The van der Waals surface area contributed by atoms with E-state index in [2.05, 4.69) is 15.5 Å². The van der Waals surface area contributed by atoms with Gasteiger partial charge in [0.1, 0.15) is 5.00 Å². The fourth-order valence-electron chi connectivity index (χ4n) is 1.77. The molecule has 3 N–H and O–H groups in total. The monoisotopic (exact) mass is 326 g/mol. The minimum absolute atomic E-state index is 0.0660. The maximum Gasteiger partial charge on any atom is 0.223 e. The lowest BCUT2D eigenvalue weighted by Crippen LogP contribution is -2.07. The summed E-state index contributed by atoms with van der Waals surface area (Å²) in [6.07, 6.45) is 1.94. The van der Waals surface area contributed by atoms with E-state index in [0.717, 1.165) is 9.90 Å². The Balaban J connectivity index is 2.22. The van der Waals surface area contributed by atoms with E-state index in [1.807, 2.05) is 20.1 Å². The second kappa shape index (κ2) is 6.48. The van der Waals surface area contributed by atoms with Crippen LogP contribution < -0.4 is 11.1 Å². The van der Waals surface area contributed by atoms with Crippen LogP contribution >= 0.6 is 23.1 Å². The molecule has 21 heavy (non-hydrogen) atoms. The molecule has 0 fully saturated rings. The average Bonchev–Trinajstić information content (AvgIpc) is 2.99. The van der Waals surface area contributed by atoms with Crippen LogP contribution in [0.2, 0.25) is 0 Å². The largest absolute Gasteiger partial charge is 0.396 e. The molecular formula is C13H18N4O2S2. The van der Waals surface area contributed by atoms with Gasteiger partial charge in [-0.2, -0.15) is 4.98 Å². The number of carbonyl (C=O) groups excluding carboxylic acids is 1. The molecule has 2 heterocycles. The number of aromatic nitrogens is 2. The molecule has 0 atom stereocenters. The van der Waals surface area contributed by atoms with Gasteiger partial charge in [-0.3, -0.25) is 4.79 Å². The lowest BCUT2D eigenvalue weighted by molar-refractivity contribution is 0.0944. The lowest BCUT2D eigenvalue weighted by atomic mass is 10.1. The van der Waals surface area contributed by atoms with Crippen molar-refractivity contribution in [2.24, 2.45) is 5.92 Å². The Kier molecular flexibility index (Phi) is 4.89. The Morgan fingerprint density at radius 3 is 2.76 bits per heavy atom. The third-order valence-corrected chi connectivity index (χ3v) is 4.97. The van der Waals surface area contributed by atoms with Gasteiger partial charge in [0.2, 0.25) is 5.89 Å². The molecule has 0 spiro atoms. The third-order valence-electron chi connectivity index (χ3n) is 2.83. The highest BCUT2D eigenvalue weighted by Crippen LogP contribution is 2.42. The molecule has 2 aromatic rings. The van der Waals surface area contributed by atoms with Crippen molar-refractivity contribution >= 4 is 39.6 Å². The van der Waals surface area contributed by atoms with Crippen LogP contribution in [0, 0.1) is 12.8 Å². The van der Waals surface area contributed by atoms with Crippen LogP contribution in [-0.4, -0.2) is 22.2 Å². The number of nitrogens with two attached hydrogens (primary N) is 1. The molecule has 0 saturated carbocycles. The number of thioether (sulfide) groups is 1. The molecule has 0 aliphatic rings. The molecule has 2 aromatic heterocycles.